The fourth-order valence-electron chi connectivity index (χ4n) is 1.72. The summed E-state index contributed by atoms with van der Waals surface area (Å²) >= 11 is 5.87. The lowest BCUT2D eigenvalue weighted by molar-refractivity contribution is -0.114. The van der Waals surface area contributed by atoms with Crippen molar-refractivity contribution in [2.45, 2.75) is 6.92 Å². The van der Waals surface area contributed by atoms with Crippen LogP contribution in [0.25, 0.3) is 0 Å². The molecule has 0 bridgehead atoms. The second-order valence-electron chi connectivity index (χ2n) is 4.23. The Morgan fingerprint density at radius 2 is 1.86 bits per heavy atom. The molecule has 6 heteroatoms. The van der Waals surface area contributed by atoms with Crippen LogP contribution in [0.1, 0.15) is 17.3 Å². The summed E-state index contributed by atoms with van der Waals surface area (Å²) in [7, 11) is 0. The van der Waals surface area contributed by atoms with E-state index in [1.165, 1.54) is 25.1 Å². The summed E-state index contributed by atoms with van der Waals surface area (Å²) < 4.78 is 5.60. The third-order valence-corrected chi connectivity index (χ3v) is 2.83. The lowest BCUT2D eigenvalue weighted by atomic mass is 10.2. The highest BCUT2D eigenvalue weighted by Gasteiger charge is 2.14. The Kier molecular flexibility index (Phi) is 4.45. The quantitative estimate of drug-likeness (QED) is 0.901. The van der Waals surface area contributed by atoms with E-state index >= 15 is 0 Å². The molecule has 2 rings (SSSR count). The second-order valence-corrected chi connectivity index (χ2v) is 4.66. The number of benzene rings is 2. The van der Waals surface area contributed by atoms with Crippen molar-refractivity contribution in [3.05, 3.63) is 53.1 Å². The van der Waals surface area contributed by atoms with Crippen molar-refractivity contribution in [3.63, 3.8) is 0 Å². The van der Waals surface area contributed by atoms with Crippen molar-refractivity contribution in [2.75, 3.05) is 5.32 Å². The maximum Gasteiger partial charge on any atom is 0.339 e. The maximum atomic E-state index is 11.2. The first-order valence-electron chi connectivity index (χ1n) is 6.04. The first-order chi connectivity index (χ1) is 9.97. The third-order valence-electron chi connectivity index (χ3n) is 2.59. The molecule has 2 N–H and O–H groups in total. The van der Waals surface area contributed by atoms with Gasteiger partial charge in [-0.25, -0.2) is 4.79 Å². The van der Waals surface area contributed by atoms with Gasteiger partial charge >= 0.3 is 5.97 Å². The highest BCUT2D eigenvalue weighted by Crippen LogP contribution is 2.33. The van der Waals surface area contributed by atoms with E-state index in [4.69, 9.17) is 21.4 Å². The molecule has 0 atom stereocenters. The molecule has 0 aliphatic rings. The van der Waals surface area contributed by atoms with Gasteiger partial charge in [0.1, 0.15) is 11.3 Å². The number of para-hydroxylation sites is 2. The van der Waals surface area contributed by atoms with Crippen LogP contribution in [-0.4, -0.2) is 17.0 Å². The molecular weight excluding hydrogens is 294 g/mol. The highest BCUT2D eigenvalue weighted by atomic mass is 35.5. The molecule has 21 heavy (non-hydrogen) atoms. The molecular formula is C15H12ClNO4. The Hall–Kier alpha value is -2.53. The summed E-state index contributed by atoms with van der Waals surface area (Å²) in [5.74, 6) is -0.945. The number of amides is 1. The van der Waals surface area contributed by atoms with Crippen LogP contribution >= 0.6 is 11.6 Å². The standard InChI is InChI=1S/C15H12ClNO4/c1-9(18)17-12-4-2-3-5-13(12)21-14-8-10(16)6-7-11(14)15(19)20/h2-8H,1H3,(H,17,18)(H,19,20). The zero-order chi connectivity index (χ0) is 15.4. The number of nitrogens with one attached hydrogen (secondary N) is 1. The molecule has 0 fully saturated rings. The van der Waals surface area contributed by atoms with Crippen LogP contribution in [0.3, 0.4) is 0 Å². The lowest BCUT2D eigenvalue weighted by Gasteiger charge is -2.13. The molecule has 2 aromatic rings. The number of hydrogen-bond acceptors (Lipinski definition) is 3. The van der Waals surface area contributed by atoms with Crippen molar-refractivity contribution in [1.82, 2.24) is 0 Å². The first kappa shape index (κ1) is 14.9. The fraction of sp³-hybridized carbons (Fsp3) is 0.0667. The molecule has 2 aromatic carbocycles. The smallest absolute Gasteiger partial charge is 0.339 e. The van der Waals surface area contributed by atoms with Crippen LogP contribution in [0.15, 0.2) is 42.5 Å². The molecule has 0 aliphatic carbocycles. The predicted octanol–water partition coefficient (Wildman–Crippen LogP) is 3.79. The van der Waals surface area contributed by atoms with E-state index in [0.29, 0.717) is 16.5 Å². The van der Waals surface area contributed by atoms with Crippen LogP contribution in [0.5, 0.6) is 11.5 Å². The van der Waals surface area contributed by atoms with E-state index in [0.717, 1.165) is 0 Å². The summed E-state index contributed by atoms with van der Waals surface area (Å²) in [6, 6.07) is 11.0. The van der Waals surface area contributed by atoms with Crippen LogP contribution < -0.4 is 10.1 Å². The van der Waals surface area contributed by atoms with E-state index in [-0.39, 0.29) is 17.2 Å². The van der Waals surface area contributed by atoms with Gasteiger partial charge in [0.15, 0.2) is 5.75 Å². The monoisotopic (exact) mass is 305 g/mol. The first-order valence-corrected chi connectivity index (χ1v) is 6.42. The number of halogens is 1. The Morgan fingerprint density at radius 1 is 1.14 bits per heavy atom. The fourth-order valence-corrected chi connectivity index (χ4v) is 1.89. The van der Waals surface area contributed by atoms with Crippen LogP contribution in [-0.2, 0) is 4.79 Å². The lowest BCUT2D eigenvalue weighted by Crippen LogP contribution is -2.07. The topological polar surface area (TPSA) is 75.6 Å². The van der Waals surface area contributed by atoms with E-state index in [1.54, 1.807) is 24.3 Å². The van der Waals surface area contributed by atoms with E-state index < -0.39 is 5.97 Å². The van der Waals surface area contributed by atoms with Crippen LogP contribution in [0.2, 0.25) is 5.02 Å². The average molecular weight is 306 g/mol. The van der Waals surface area contributed by atoms with E-state index in [2.05, 4.69) is 5.32 Å². The van der Waals surface area contributed by atoms with Gasteiger partial charge in [0.25, 0.3) is 0 Å². The summed E-state index contributed by atoms with van der Waals surface area (Å²) in [5.41, 5.74) is 0.429. The van der Waals surface area contributed by atoms with E-state index in [1.807, 2.05) is 0 Å². The van der Waals surface area contributed by atoms with Gasteiger partial charge < -0.3 is 15.2 Å². The number of anilines is 1. The normalized spacial score (nSPS) is 10.0. The Bertz CT molecular complexity index is 700. The average Bonchev–Trinajstić information content (AvgIpc) is 2.40. The van der Waals surface area contributed by atoms with Gasteiger partial charge in [0.2, 0.25) is 5.91 Å². The van der Waals surface area contributed by atoms with Gasteiger partial charge in [-0.1, -0.05) is 23.7 Å². The zero-order valence-corrected chi connectivity index (χ0v) is 11.8. The van der Waals surface area contributed by atoms with Crippen molar-refractivity contribution in [3.8, 4) is 11.5 Å². The molecule has 1 amide bonds. The van der Waals surface area contributed by atoms with Gasteiger partial charge in [-0.2, -0.15) is 0 Å². The number of carbonyl (C=O) groups is 2. The molecule has 0 saturated heterocycles. The van der Waals surface area contributed by atoms with Crippen molar-refractivity contribution in [1.29, 1.82) is 0 Å². The molecule has 0 spiro atoms. The molecule has 0 radical (unpaired) electrons. The molecule has 0 aliphatic heterocycles. The number of carboxylic acids is 1. The molecule has 5 nitrogen and oxygen atoms in total. The minimum atomic E-state index is -1.13. The van der Waals surface area contributed by atoms with Crippen molar-refractivity contribution >= 4 is 29.2 Å². The molecule has 0 unspecified atom stereocenters. The summed E-state index contributed by atoms with van der Waals surface area (Å²) in [5, 5.41) is 12.1. The SMILES string of the molecule is CC(=O)Nc1ccccc1Oc1cc(Cl)ccc1C(=O)O. The number of ether oxygens (including phenoxy) is 1. The molecule has 0 saturated carbocycles. The predicted molar refractivity (Wildman–Crippen MR) is 79.2 cm³/mol. The Labute approximate surface area is 126 Å². The number of aromatic carboxylic acids is 1. The molecule has 0 heterocycles. The van der Waals surface area contributed by atoms with Crippen molar-refractivity contribution in [2.24, 2.45) is 0 Å². The van der Waals surface area contributed by atoms with Crippen LogP contribution in [0.4, 0.5) is 5.69 Å². The van der Waals surface area contributed by atoms with Crippen molar-refractivity contribution < 1.29 is 19.4 Å². The summed E-state index contributed by atoms with van der Waals surface area (Å²) in [4.78, 5) is 22.4. The van der Waals surface area contributed by atoms with E-state index in [9.17, 15) is 9.59 Å². The molecule has 0 aromatic heterocycles. The van der Waals surface area contributed by atoms with Gasteiger partial charge in [0.05, 0.1) is 5.69 Å². The maximum absolute atomic E-state index is 11.2. The number of rotatable bonds is 4. The number of carbonyl (C=O) groups excluding carboxylic acids is 1. The Balaban J connectivity index is 2.40. The van der Waals surface area contributed by atoms with Gasteiger partial charge in [-0.15, -0.1) is 0 Å². The Morgan fingerprint density at radius 3 is 2.52 bits per heavy atom. The number of hydrogen-bond donors (Lipinski definition) is 2. The highest BCUT2D eigenvalue weighted by molar-refractivity contribution is 6.30. The van der Waals surface area contributed by atoms with Gasteiger partial charge in [-0.05, 0) is 24.3 Å². The minimum absolute atomic E-state index is 0.0166. The largest absolute Gasteiger partial charge is 0.478 e. The molecule has 108 valence electrons. The van der Waals surface area contributed by atoms with Crippen LogP contribution in [0, 0.1) is 0 Å². The summed E-state index contributed by atoms with van der Waals surface area (Å²) in [6.45, 7) is 1.37. The zero-order valence-electron chi connectivity index (χ0n) is 11.1. The van der Waals surface area contributed by atoms with Gasteiger partial charge in [-0.3, -0.25) is 4.79 Å². The third kappa shape index (κ3) is 3.73. The summed E-state index contributed by atoms with van der Waals surface area (Å²) in [6.07, 6.45) is 0. The number of carboxylic acid groups (broad SMARTS) is 1. The second kappa shape index (κ2) is 6.28. The minimum Gasteiger partial charge on any atom is -0.478 e. The van der Waals surface area contributed by atoms with Gasteiger partial charge in [0, 0.05) is 18.0 Å².